The summed E-state index contributed by atoms with van der Waals surface area (Å²) in [5.74, 6) is 0.163. The van der Waals surface area contributed by atoms with Gasteiger partial charge in [-0.15, -0.1) is 0 Å². The van der Waals surface area contributed by atoms with E-state index in [4.69, 9.17) is 31.9 Å². The molecule has 0 aliphatic rings. The van der Waals surface area contributed by atoms with Crippen LogP contribution in [-0.2, 0) is 11.2 Å². The van der Waals surface area contributed by atoms with Gasteiger partial charge < -0.3 is 20.3 Å². The van der Waals surface area contributed by atoms with Crippen LogP contribution in [-0.4, -0.2) is 31.3 Å². The summed E-state index contributed by atoms with van der Waals surface area (Å²) in [6.45, 7) is 0. The van der Waals surface area contributed by atoms with Gasteiger partial charge in [0.05, 0.1) is 19.2 Å². The van der Waals surface area contributed by atoms with Gasteiger partial charge in [0, 0.05) is 12.5 Å². The van der Waals surface area contributed by atoms with Crippen LogP contribution in [0.4, 0.5) is 0 Å². The standard InChI is InChI=1S/C13H18ClNO4/c1-18-10-5-3-8(12(14)13(10)19-2)7-9(15)4-6-11(16)17/h3,5,9H,4,6-7,15H2,1-2H3,(H,16,17). The van der Waals surface area contributed by atoms with E-state index in [9.17, 15) is 4.79 Å². The summed E-state index contributed by atoms with van der Waals surface area (Å²) in [6.07, 6.45) is 0.943. The van der Waals surface area contributed by atoms with E-state index in [1.54, 1.807) is 6.07 Å². The lowest BCUT2D eigenvalue weighted by atomic mass is 10.0. The third kappa shape index (κ3) is 4.29. The van der Waals surface area contributed by atoms with E-state index in [1.165, 1.54) is 14.2 Å². The summed E-state index contributed by atoms with van der Waals surface area (Å²) in [7, 11) is 3.05. The molecule has 1 aromatic rings. The third-order valence-corrected chi connectivity index (χ3v) is 3.19. The monoisotopic (exact) mass is 287 g/mol. The second-order valence-electron chi connectivity index (χ2n) is 4.17. The SMILES string of the molecule is COc1ccc(CC(N)CCC(=O)O)c(Cl)c1OC. The lowest BCUT2D eigenvalue weighted by Crippen LogP contribution is -2.24. The van der Waals surface area contributed by atoms with Crippen molar-refractivity contribution in [2.75, 3.05) is 14.2 Å². The van der Waals surface area contributed by atoms with Gasteiger partial charge in [0.15, 0.2) is 11.5 Å². The molecule has 1 rings (SSSR count). The van der Waals surface area contributed by atoms with Gasteiger partial charge in [-0.1, -0.05) is 17.7 Å². The number of carbonyl (C=O) groups is 1. The van der Waals surface area contributed by atoms with Crippen molar-refractivity contribution in [3.63, 3.8) is 0 Å². The zero-order valence-electron chi connectivity index (χ0n) is 11.0. The van der Waals surface area contributed by atoms with Crippen LogP contribution in [0.1, 0.15) is 18.4 Å². The molecule has 0 saturated carbocycles. The number of carboxylic acids is 1. The van der Waals surface area contributed by atoms with Gasteiger partial charge in [-0.05, 0) is 24.5 Å². The molecule has 0 aliphatic carbocycles. The average Bonchev–Trinajstić information content (AvgIpc) is 2.38. The maximum atomic E-state index is 10.5. The topological polar surface area (TPSA) is 81.8 Å². The predicted molar refractivity (Wildman–Crippen MR) is 73.1 cm³/mol. The molecule has 0 saturated heterocycles. The van der Waals surface area contributed by atoms with E-state index in [0.29, 0.717) is 29.4 Å². The van der Waals surface area contributed by atoms with Crippen LogP contribution in [0.5, 0.6) is 11.5 Å². The second-order valence-corrected chi connectivity index (χ2v) is 4.55. The Morgan fingerprint density at radius 1 is 1.42 bits per heavy atom. The molecule has 0 amide bonds. The zero-order valence-corrected chi connectivity index (χ0v) is 11.7. The summed E-state index contributed by atoms with van der Waals surface area (Å²) in [5.41, 5.74) is 6.71. The van der Waals surface area contributed by atoms with E-state index < -0.39 is 5.97 Å². The first-order valence-corrected chi connectivity index (χ1v) is 6.24. The normalized spacial score (nSPS) is 12.0. The first kappa shape index (κ1) is 15.6. The molecule has 0 bridgehead atoms. The van der Waals surface area contributed by atoms with Gasteiger partial charge >= 0.3 is 5.97 Å². The van der Waals surface area contributed by atoms with Crippen LogP contribution in [0.25, 0.3) is 0 Å². The molecule has 0 aliphatic heterocycles. The first-order chi connectivity index (χ1) is 8.99. The Balaban J connectivity index is 2.81. The number of aliphatic carboxylic acids is 1. The molecule has 1 unspecified atom stereocenters. The van der Waals surface area contributed by atoms with Crippen molar-refractivity contribution in [2.24, 2.45) is 5.73 Å². The summed E-state index contributed by atoms with van der Waals surface area (Å²) in [4.78, 5) is 10.5. The predicted octanol–water partition coefficient (Wildman–Crippen LogP) is 2.09. The Morgan fingerprint density at radius 2 is 2.11 bits per heavy atom. The molecule has 0 fully saturated rings. The molecule has 106 valence electrons. The van der Waals surface area contributed by atoms with Gasteiger partial charge in [0.25, 0.3) is 0 Å². The Morgan fingerprint density at radius 3 is 2.63 bits per heavy atom. The quantitative estimate of drug-likeness (QED) is 0.802. The molecule has 1 atom stereocenters. The number of ether oxygens (including phenoxy) is 2. The second kappa shape index (κ2) is 7.21. The molecule has 3 N–H and O–H groups in total. The summed E-state index contributed by atoms with van der Waals surface area (Å²) >= 11 is 6.22. The summed E-state index contributed by atoms with van der Waals surface area (Å²) in [5, 5.41) is 9.07. The number of carboxylic acid groups (broad SMARTS) is 1. The number of hydrogen-bond acceptors (Lipinski definition) is 4. The van der Waals surface area contributed by atoms with Crippen molar-refractivity contribution in [1.29, 1.82) is 0 Å². The van der Waals surface area contributed by atoms with Crippen LogP contribution in [0.15, 0.2) is 12.1 Å². The largest absolute Gasteiger partial charge is 0.493 e. The number of benzene rings is 1. The highest BCUT2D eigenvalue weighted by Gasteiger charge is 2.15. The van der Waals surface area contributed by atoms with E-state index in [-0.39, 0.29) is 12.5 Å². The minimum Gasteiger partial charge on any atom is -0.493 e. The van der Waals surface area contributed by atoms with Crippen LogP contribution in [0.3, 0.4) is 0 Å². The van der Waals surface area contributed by atoms with Crippen molar-refractivity contribution in [3.05, 3.63) is 22.7 Å². The summed E-state index contributed by atoms with van der Waals surface area (Å²) in [6, 6.07) is 3.31. The number of nitrogens with two attached hydrogens (primary N) is 1. The van der Waals surface area contributed by atoms with Crippen molar-refractivity contribution < 1.29 is 19.4 Å². The van der Waals surface area contributed by atoms with Gasteiger partial charge in [-0.3, -0.25) is 4.79 Å². The Bertz CT molecular complexity index is 451. The first-order valence-electron chi connectivity index (χ1n) is 5.86. The lowest BCUT2D eigenvalue weighted by Gasteiger charge is -2.15. The fourth-order valence-electron chi connectivity index (χ4n) is 1.78. The Kier molecular flexibility index (Phi) is 5.92. The van der Waals surface area contributed by atoms with Gasteiger partial charge in [-0.2, -0.15) is 0 Å². The van der Waals surface area contributed by atoms with Gasteiger partial charge in [0.2, 0.25) is 0 Å². The number of rotatable bonds is 7. The van der Waals surface area contributed by atoms with Crippen molar-refractivity contribution >= 4 is 17.6 Å². The van der Waals surface area contributed by atoms with E-state index in [2.05, 4.69) is 0 Å². The molecule has 0 heterocycles. The van der Waals surface area contributed by atoms with Crippen molar-refractivity contribution in [1.82, 2.24) is 0 Å². The molecule has 19 heavy (non-hydrogen) atoms. The molecule has 1 aromatic carbocycles. The van der Waals surface area contributed by atoms with Gasteiger partial charge in [-0.25, -0.2) is 0 Å². The molecule has 5 nitrogen and oxygen atoms in total. The zero-order chi connectivity index (χ0) is 14.4. The minimum atomic E-state index is -0.853. The van der Waals surface area contributed by atoms with Crippen LogP contribution in [0.2, 0.25) is 5.02 Å². The van der Waals surface area contributed by atoms with Crippen LogP contribution < -0.4 is 15.2 Å². The molecular formula is C13H18ClNO4. The van der Waals surface area contributed by atoms with Crippen molar-refractivity contribution in [2.45, 2.75) is 25.3 Å². The molecule has 6 heteroatoms. The van der Waals surface area contributed by atoms with Crippen LogP contribution in [0, 0.1) is 0 Å². The highest BCUT2D eigenvalue weighted by Crippen LogP contribution is 2.37. The van der Waals surface area contributed by atoms with Crippen LogP contribution >= 0.6 is 11.6 Å². The third-order valence-electron chi connectivity index (χ3n) is 2.78. The fourth-order valence-corrected chi connectivity index (χ4v) is 2.09. The Hall–Kier alpha value is -1.46. The molecule has 0 radical (unpaired) electrons. The highest BCUT2D eigenvalue weighted by atomic mass is 35.5. The minimum absolute atomic E-state index is 0.0477. The van der Waals surface area contributed by atoms with E-state index in [1.807, 2.05) is 6.07 Å². The number of halogens is 1. The number of methoxy groups -OCH3 is 2. The maximum Gasteiger partial charge on any atom is 0.303 e. The summed E-state index contributed by atoms with van der Waals surface area (Å²) < 4.78 is 10.3. The fraction of sp³-hybridized carbons (Fsp3) is 0.462. The smallest absolute Gasteiger partial charge is 0.303 e. The number of hydrogen-bond donors (Lipinski definition) is 2. The lowest BCUT2D eigenvalue weighted by molar-refractivity contribution is -0.137. The molecule has 0 aromatic heterocycles. The Labute approximate surface area is 117 Å². The van der Waals surface area contributed by atoms with Gasteiger partial charge in [0.1, 0.15) is 0 Å². The average molecular weight is 288 g/mol. The highest BCUT2D eigenvalue weighted by molar-refractivity contribution is 6.33. The molecule has 0 spiro atoms. The van der Waals surface area contributed by atoms with E-state index >= 15 is 0 Å². The van der Waals surface area contributed by atoms with E-state index in [0.717, 1.165) is 5.56 Å². The molecular weight excluding hydrogens is 270 g/mol. The van der Waals surface area contributed by atoms with Crippen molar-refractivity contribution in [3.8, 4) is 11.5 Å². The maximum absolute atomic E-state index is 10.5.